The summed E-state index contributed by atoms with van der Waals surface area (Å²) in [7, 11) is 0. The molecule has 0 aromatic carbocycles. The minimum Gasteiger partial charge on any atom is -0.374 e. The summed E-state index contributed by atoms with van der Waals surface area (Å²) in [4.78, 5) is 0. The van der Waals surface area contributed by atoms with Crippen molar-refractivity contribution < 1.29 is 4.74 Å². The van der Waals surface area contributed by atoms with Crippen LogP contribution in [0.15, 0.2) is 0 Å². The smallest absolute Gasteiger partial charge is 0.0808 e. The molecule has 0 aromatic heterocycles. The molecule has 0 radical (unpaired) electrons. The van der Waals surface area contributed by atoms with Gasteiger partial charge in [-0.05, 0) is 38.0 Å². The van der Waals surface area contributed by atoms with Crippen molar-refractivity contribution in [3.8, 4) is 0 Å². The fraction of sp³-hybridized carbons (Fsp3) is 1.00. The third-order valence-electron chi connectivity index (χ3n) is 4.50. The highest BCUT2D eigenvalue weighted by Gasteiger charge is 2.37. The Morgan fingerprint density at radius 3 is 2.72 bits per heavy atom. The maximum absolute atomic E-state index is 6.36. The van der Waals surface area contributed by atoms with Gasteiger partial charge in [-0.1, -0.05) is 39.5 Å². The van der Waals surface area contributed by atoms with Gasteiger partial charge in [0.15, 0.2) is 0 Å². The fourth-order valence-electron chi connectivity index (χ4n) is 3.21. The van der Waals surface area contributed by atoms with Crippen LogP contribution in [0.4, 0.5) is 0 Å². The van der Waals surface area contributed by atoms with Crippen LogP contribution in [0.25, 0.3) is 0 Å². The largest absolute Gasteiger partial charge is 0.374 e. The number of hydrogen-bond donors (Lipinski definition) is 1. The Bertz CT molecular complexity index is 239. The van der Waals surface area contributed by atoms with Gasteiger partial charge in [0.1, 0.15) is 0 Å². The summed E-state index contributed by atoms with van der Waals surface area (Å²) in [5.41, 5.74) is 0.161. The lowest BCUT2D eigenvalue weighted by Crippen LogP contribution is -2.47. The van der Waals surface area contributed by atoms with Crippen molar-refractivity contribution in [2.45, 2.75) is 83.3 Å². The topological polar surface area (TPSA) is 21.3 Å². The van der Waals surface area contributed by atoms with Crippen molar-refractivity contribution in [1.29, 1.82) is 0 Å². The summed E-state index contributed by atoms with van der Waals surface area (Å²) in [5.74, 6) is 0.839. The Balaban J connectivity index is 1.79. The second-order valence-electron chi connectivity index (χ2n) is 6.60. The number of ether oxygens (including phenoxy) is 1. The first-order valence-electron chi connectivity index (χ1n) is 8.11. The van der Waals surface area contributed by atoms with E-state index in [4.69, 9.17) is 4.74 Å². The molecule has 0 aliphatic heterocycles. The highest BCUT2D eigenvalue weighted by molar-refractivity contribution is 4.92. The molecule has 106 valence electrons. The van der Waals surface area contributed by atoms with Crippen LogP contribution in [0.3, 0.4) is 0 Å². The van der Waals surface area contributed by atoms with E-state index in [1.54, 1.807) is 0 Å². The normalized spacial score (nSPS) is 32.7. The third kappa shape index (κ3) is 4.55. The molecule has 0 spiro atoms. The molecule has 0 amide bonds. The van der Waals surface area contributed by atoms with Crippen molar-refractivity contribution in [3.63, 3.8) is 0 Å². The molecule has 2 rings (SSSR count). The molecule has 2 aliphatic rings. The lowest BCUT2D eigenvalue weighted by molar-refractivity contribution is -0.0806. The summed E-state index contributed by atoms with van der Waals surface area (Å²) in [6.07, 6.45) is 11.8. The molecule has 2 nitrogen and oxygen atoms in total. The minimum absolute atomic E-state index is 0.161. The monoisotopic (exact) mass is 253 g/mol. The molecule has 2 aliphatic carbocycles. The van der Waals surface area contributed by atoms with E-state index in [0.717, 1.165) is 25.1 Å². The number of hydrogen-bond acceptors (Lipinski definition) is 2. The van der Waals surface area contributed by atoms with Gasteiger partial charge in [0.25, 0.3) is 0 Å². The zero-order chi connectivity index (χ0) is 12.8. The molecule has 2 fully saturated rings. The quantitative estimate of drug-likeness (QED) is 0.663. The number of rotatable bonds is 8. The highest BCUT2D eigenvalue weighted by atomic mass is 16.5. The Kier molecular flexibility index (Phi) is 5.50. The Morgan fingerprint density at radius 2 is 2.06 bits per heavy atom. The maximum Gasteiger partial charge on any atom is 0.0808 e. The van der Waals surface area contributed by atoms with Crippen molar-refractivity contribution in [2.24, 2.45) is 5.92 Å². The van der Waals surface area contributed by atoms with E-state index in [9.17, 15) is 0 Å². The molecular formula is C16H31NO. The standard InChI is InChI=1S/C16H31NO/c1-3-4-5-11-18-16(13-17-15-8-9-15)10-6-7-14(2)12-16/h14-15,17H,3-13H2,1-2H3. The van der Waals surface area contributed by atoms with Gasteiger partial charge in [0.05, 0.1) is 5.60 Å². The second-order valence-corrected chi connectivity index (χ2v) is 6.60. The average Bonchev–Trinajstić information content (AvgIpc) is 3.17. The van der Waals surface area contributed by atoms with Gasteiger partial charge in [0.2, 0.25) is 0 Å². The first-order valence-corrected chi connectivity index (χ1v) is 8.11. The lowest BCUT2D eigenvalue weighted by Gasteiger charge is -2.40. The summed E-state index contributed by atoms with van der Waals surface area (Å²) in [6.45, 7) is 6.70. The molecule has 0 bridgehead atoms. The van der Waals surface area contributed by atoms with E-state index in [0.29, 0.717) is 0 Å². The van der Waals surface area contributed by atoms with Crippen LogP contribution in [0.2, 0.25) is 0 Å². The molecule has 2 heteroatoms. The van der Waals surface area contributed by atoms with Gasteiger partial charge in [-0.3, -0.25) is 0 Å². The molecule has 2 saturated carbocycles. The van der Waals surface area contributed by atoms with Gasteiger partial charge >= 0.3 is 0 Å². The van der Waals surface area contributed by atoms with Gasteiger partial charge < -0.3 is 10.1 Å². The van der Waals surface area contributed by atoms with Crippen LogP contribution in [-0.4, -0.2) is 24.8 Å². The lowest BCUT2D eigenvalue weighted by atomic mass is 9.78. The van der Waals surface area contributed by atoms with E-state index in [1.165, 1.54) is 57.8 Å². The predicted octanol–water partition coefficient (Wildman–Crippen LogP) is 3.89. The summed E-state index contributed by atoms with van der Waals surface area (Å²) >= 11 is 0. The summed E-state index contributed by atoms with van der Waals surface area (Å²) < 4.78 is 6.36. The first kappa shape index (κ1) is 14.3. The molecule has 0 aromatic rings. The number of nitrogens with one attached hydrogen (secondary N) is 1. The molecule has 0 heterocycles. The Morgan fingerprint density at radius 1 is 1.22 bits per heavy atom. The van der Waals surface area contributed by atoms with E-state index in [1.807, 2.05) is 0 Å². The van der Waals surface area contributed by atoms with E-state index in [-0.39, 0.29) is 5.60 Å². The van der Waals surface area contributed by atoms with Gasteiger partial charge in [-0.15, -0.1) is 0 Å². The third-order valence-corrected chi connectivity index (χ3v) is 4.50. The van der Waals surface area contributed by atoms with Crippen LogP contribution in [-0.2, 0) is 4.74 Å². The number of unbranched alkanes of at least 4 members (excludes halogenated alkanes) is 2. The molecule has 1 N–H and O–H groups in total. The first-order chi connectivity index (χ1) is 8.74. The van der Waals surface area contributed by atoms with E-state index >= 15 is 0 Å². The van der Waals surface area contributed by atoms with Crippen molar-refractivity contribution in [2.75, 3.05) is 13.2 Å². The van der Waals surface area contributed by atoms with Crippen LogP contribution in [0, 0.1) is 5.92 Å². The predicted molar refractivity (Wildman–Crippen MR) is 76.9 cm³/mol. The SMILES string of the molecule is CCCCCOC1(CNC2CC2)CCCC(C)C1. The molecule has 2 unspecified atom stereocenters. The molecule has 18 heavy (non-hydrogen) atoms. The van der Waals surface area contributed by atoms with Crippen molar-refractivity contribution in [1.82, 2.24) is 5.32 Å². The van der Waals surface area contributed by atoms with Gasteiger partial charge in [-0.2, -0.15) is 0 Å². The minimum atomic E-state index is 0.161. The van der Waals surface area contributed by atoms with Crippen molar-refractivity contribution >= 4 is 0 Å². The average molecular weight is 253 g/mol. The Hall–Kier alpha value is -0.0800. The van der Waals surface area contributed by atoms with Crippen LogP contribution >= 0.6 is 0 Å². The second kappa shape index (κ2) is 6.91. The van der Waals surface area contributed by atoms with Crippen molar-refractivity contribution in [3.05, 3.63) is 0 Å². The zero-order valence-electron chi connectivity index (χ0n) is 12.3. The Labute approximate surface area is 113 Å². The van der Waals surface area contributed by atoms with Crippen LogP contribution in [0.1, 0.15) is 71.6 Å². The van der Waals surface area contributed by atoms with Crippen LogP contribution in [0.5, 0.6) is 0 Å². The zero-order valence-corrected chi connectivity index (χ0v) is 12.3. The molecule has 2 atom stereocenters. The molecule has 0 saturated heterocycles. The highest BCUT2D eigenvalue weighted by Crippen LogP contribution is 2.35. The summed E-state index contributed by atoms with van der Waals surface area (Å²) in [6, 6.07) is 0.804. The van der Waals surface area contributed by atoms with E-state index in [2.05, 4.69) is 19.2 Å². The molecular weight excluding hydrogens is 222 g/mol. The van der Waals surface area contributed by atoms with Gasteiger partial charge in [0, 0.05) is 19.2 Å². The van der Waals surface area contributed by atoms with Crippen LogP contribution < -0.4 is 5.32 Å². The van der Waals surface area contributed by atoms with E-state index < -0.39 is 0 Å². The van der Waals surface area contributed by atoms with Gasteiger partial charge in [-0.25, -0.2) is 0 Å². The fourth-order valence-corrected chi connectivity index (χ4v) is 3.21. The summed E-state index contributed by atoms with van der Waals surface area (Å²) in [5, 5.41) is 3.70. The maximum atomic E-state index is 6.36.